The Hall–Kier alpha value is -1.54. The first-order chi connectivity index (χ1) is 15.4. The number of nitrogens with one attached hydrogen (secondary N) is 1. The van der Waals surface area contributed by atoms with E-state index in [-0.39, 0.29) is 13.2 Å². The number of piperidine rings is 1. The van der Waals surface area contributed by atoms with Crippen LogP contribution in [-0.2, 0) is 0 Å². The van der Waals surface area contributed by atoms with Crippen molar-refractivity contribution < 1.29 is 19.7 Å². The molecule has 1 saturated heterocycles. The van der Waals surface area contributed by atoms with Gasteiger partial charge >= 0.3 is 0 Å². The minimum absolute atomic E-state index is 0.198. The summed E-state index contributed by atoms with van der Waals surface area (Å²) in [7, 11) is 0. The highest BCUT2D eigenvalue weighted by Crippen LogP contribution is 2.26. The average molecular weight is 483 g/mol. The van der Waals surface area contributed by atoms with Crippen LogP contribution < -0.4 is 14.8 Å². The highest BCUT2D eigenvalue weighted by Gasteiger charge is 2.21. The largest absolute Gasteiger partial charge is 0.491 e. The summed E-state index contributed by atoms with van der Waals surface area (Å²) >= 11 is 11.9. The van der Waals surface area contributed by atoms with E-state index in [9.17, 15) is 10.2 Å². The Morgan fingerprint density at radius 2 is 1.56 bits per heavy atom. The van der Waals surface area contributed by atoms with E-state index in [1.54, 1.807) is 18.2 Å². The minimum atomic E-state index is -0.588. The van der Waals surface area contributed by atoms with Crippen LogP contribution in [0.5, 0.6) is 11.5 Å². The fourth-order valence-corrected chi connectivity index (χ4v) is 3.91. The molecule has 0 aliphatic carbocycles. The SMILES string of the molecule is Cc1ccc(OC[C@@H](O)CNC2CCN(C[C@@H](O)COc3ccc(Cl)c(Cl)c3)CC2)cc1. The molecule has 3 rings (SSSR count). The summed E-state index contributed by atoms with van der Waals surface area (Å²) in [6.45, 7) is 5.32. The fraction of sp³-hybridized carbons (Fsp3) is 0.500. The number of aryl methyl sites for hydroxylation is 1. The second-order valence-corrected chi connectivity index (χ2v) is 9.12. The molecule has 0 spiro atoms. The standard InChI is InChI=1S/C24H32Cl2N2O4/c1-17-2-4-21(5-3-17)31-15-19(29)13-27-18-8-10-28(11-9-18)14-20(30)16-32-22-6-7-23(25)24(26)12-22/h2-7,12,18-20,27,29-30H,8-11,13-16H2,1H3/t19-,20+/m0/s1. The van der Waals surface area contributed by atoms with Gasteiger partial charge in [0.25, 0.3) is 0 Å². The van der Waals surface area contributed by atoms with Crippen molar-refractivity contribution in [1.29, 1.82) is 0 Å². The van der Waals surface area contributed by atoms with Crippen LogP contribution in [0.1, 0.15) is 18.4 Å². The summed E-state index contributed by atoms with van der Waals surface area (Å²) < 4.78 is 11.3. The highest BCUT2D eigenvalue weighted by molar-refractivity contribution is 6.42. The van der Waals surface area contributed by atoms with Crippen molar-refractivity contribution in [2.24, 2.45) is 0 Å². The zero-order valence-corrected chi connectivity index (χ0v) is 19.9. The van der Waals surface area contributed by atoms with Gasteiger partial charge in [0.1, 0.15) is 36.9 Å². The summed E-state index contributed by atoms with van der Waals surface area (Å²) in [5, 5.41) is 24.8. The van der Waals surface area contributed by atoms with Gasteiger partial charge in [-0.1, -0.05) is 40.9 Å². The molecule has 0 amide bonds. The van der Waals surface area contributed by atoms with Gasteiger partial charge in [0.2, 0.25) is 0 Å². The van der Waals surface area contributed by atoms with Crippen molar-refractivity contribution in [1.82, 2.24) is 10.2 Å². The summed E-state index contributed by atoms with van der Waals surface area (Å²) in [5.74, 6) is 1.36. The van der Waals surface area contributed by atoms with Crippen molar-refractivity contribution >= 4 is 23.2 Å². The Balaban J connectivity index is 1.28. The normalized spacial score (nSPS) is 17.2. The number of hydrogen-bond acceptors (Lipinski definition) is 6. The number of benzene rings is 2. The predicted molar refractivity (Wildman–Crippen MR) is 128 cm³/mol. The predicted octanol–water partition coefficient (Wildman–Crippen LogP) is 3.54. The van der Waals surface area contributed by atoms with Gasteiger partial charge in [-0.05, 0) is 57.1 Å². The Bertz CT molecular complexity index is 829. The molecule has 0 saturated carbocycles. The first-order valence-electron chi connectivity index (χ1n) is 11.0. The number of nitrogens with zero attached hydrogens (tertiary/aromatic N) is 1. The third-order valence-corrected chi connectivity index (χ3v) is 6.23. The molecule has 2 aromatic carbocycles. The molecule has 176 valence electrons. The van der Waals surface area contributed by atoms with Gasteiger partial charge in [0, 0.05) is 25.2 Å². The smallest absolute Gasteiger partial charge is 0.121 e. The van der Waals surface area contributed by atoms with Gasteiger partial charge in [-0.25, -0.2) is 0 Å². The lowest BCUT2D eigenvalue weighted by Gasteiger charge is -2.33. The van der Waals surface area contributed by atoms with Crippen molar-refractivity contribution in [3.8, 4) is 11.5 Å². The lowest BCUT2D eigenvalue weighted by molar-refractivity contribution is 0.0556. The molecule has 6 nitrogen and oxygen atoms in total. The third-order valence-electron chi connectivity index (χ3n) is 5.50. The Morgan fingerprint density at radius 3 is 2.25 bits per heavy atom. The minimum Gasteiger partial charge on any atom is -0.491 e. The number of ether oxygens (including phenoxy) is 2. The van der Waals surface area contributed by atoms with Crippen LogP contribution in [0, 0.1) is 6.92 Å². The number of rotatable bonds is 11. The van der Waals surface area contributed by atoms with Crippen LogP contribution in [0.15, 0.2) is 42.5 Å². The molecule has 2 aromatic rings. The van der Waals surface area contributed by atoms with Gasteiger partial charge in [0.05, 0.1) is 10.0 Å². The average Bonchev–Trinajstić information content (AvgIpc) is 2.79. The lowest BCUT2D eigenvalue weighted by Crippen LogP contribution is -2.47. The molecule has 1 fully saturated rings. The maximum absolute atomic E-state index is 10.3. The third kappa shape index (κ3) is 8.43. The van der Waals surface area contributed by atoms with E-state index in [0.717, 1.165) is 31.7 Å². The molecular formula is C24H32Cl2N2O4. The van der Waals surface area contributed by atoms with Crippen LogP contribution in [0.2, 0.25) is 10.0 Å². The number of likely N-dealkylation sites (tertiary alicyclic amines) is 1. The molecule has 1 aliphatic heterocycles. The topological polar surface area (TPSA) is 74.2 Å². The van der Waals surface area contributed by atoms with Crippen LogP contribution in [0.3, 0.4) is 0 Å². The van der Waals surface area contributed by atoms with Crippen molar-refractivity contribution in [2.45, 2.75) is 38.0 Å². The van der Waals surface area contributed by atoms with E-state index in [4.69, 9.17) is 32.7 Å². The number of β-amino-alcohol motifs (C(OH)–C–C–N with tert-alkyl or cyclic N) is 1. The summed E-state index contributed by atoms with van der Waals surface area (Å²) in [5.41, 5.74) is 1.18. The van der Waals surface area contributed by atoms with Crippen LogP contribution in [-0.4, -0.2) is 72.8 Å². The van der Waals surface area contributed by atoms with Crippen LogP contribution in [0.25, 0.3) is 0 Å². The Kier molecular flexibility index (Phi) is 9.91. The van der Waals surface area contributed by atoms with Crippen LogP contribution in [0.4, 0.5) is 0 Å². The maximum atomic E-state index is 10.3. The van der Waals surface area contributed by atoms with Crippen molar-refractivity contribution in [3.05, 3.63) is 58.1 Å². The van der Waals surface area contributed by atoms with E-state index in [0.29, 0.717) is 34.9 Å². The first kappa shape index (κ1) is 25.1. The van der Waals surface area contributed by atoms with Gasteiger partial charge in [-0.2, -0.15) is 0 Å². The molecule has 8 heteroatoms. The maximum Gasteiger partial charge on any atom is 0.121 e. The van der Waals surface area contributed by atoms with Gasteiger partial charge < -0.3 is 29.9 Å². The second kappa shape index (κ2) is 12.6. The zero-order valence-electron chi connectivity index (χ0n) is 18.3. The molecule has 1 heterocycles. The number of aliphatic hydroxyl groups is 2. The van der Waals surface area contributed by atoms with E-state index in [1.807, 2.05) is 31.2 Å². The van der Waals surface area contributed by atoms with Gasteiger partial charge in [-0.15, -0.1) is 0 Å². The fourth-order valence-electron chi connectivity index (χ4n) is 3.62. The molecule has 32 heavy (non-hydrogen) atoms. The Labute approximate surface area is 200 Å². The number of aliphatic hydroxyl groups excluding tert-OH is 2. The Morgan fingerprint density at radius 1 is 0.938 bits per heavy atom. The lowest BCUT2D eigenvalue weighted by atomic mass is 10.0. The van der Waals surface area contributed by atoms with E-state index in [2.05, 4.69) is 10.2 Å². The summed E-state index contributed by atoms with van der Waals surface area (Å²) in [4.78, 5) is 2.23. The second-order valence-electron chi connectivity index (χ2n) is 8.30. The molecule has 0 aromatic heterocycles. The number of halogens is 2. The molecule has 2 atom stereocenters. The monoisotopic (exact) mass is 482 g/mol. The van der Waals surface area contributed by atoms with Gasteiger partial charge in [0.15, 0.2) is 0 Å². The van der Waals surface area contributed by atoms with E-state index in [1.165, 1.54) is 5.56 Å². The van der Waals surface area contributed by atoms with E-state index < -0.39 is 12.2 Å². The van der Waals surface area contributed by atoms with Crippen molar-refractivity contribution in [2.75, 3.05) is 39.4 Å². The molecule has 0 radical (unpaired) electrons. The van der Waals surface area contributed by atoms with Gasteiger partial charge in [-0.3, -0.25) is 0 Å². The molecule has 1 aliphatic rings. The number of hydrogen-bond donors (Lipinski definition) is 3. The van der Waals surface area contributed by atoms with Crippen LogP contribution >= 0.6 is 23.2 Å². The summed E-state index contributed by atoms with van der Waals surface area (Å²) in [6.07, 6.45) is 0.780. The van der Waals surface area contributed by atoms with Crippen molar-refractivity contribution in [3.63, 3.8) is 0 Å². The zero-order chi connectivity index (χ0) is 22.9. The first-order valence-corrected chi connectivity index (χ1v) is 11.7. The molecule has 3 N–H and O–H groups in total. The summed E-state index contributed by atoms with van der Waals surface area (Å²) in [6, 6.07) is 13.2. The highest BCUT2D eigenvalue weighted by atomic mass is 35.5. The van der Waals surface area contributed by atoms with E-state index >= 15 is 0 Å². The molecule has 0 unspecified atom stereocenters. The quantitative estimate of drug-likeness (QED) is 0.454. The molecular weight excluding hydrogens is 451 g/mol. The molecule has 0 bridgehead atoms.